The van der Waals surface area contributed by atoms with Crippen molar-refractivity contribution in [1.82, 2.24) is 19.9 Å². The van der Waals surface area contributed by atoms with Crippen molar-refractivity contribution in [2.75, 3.05) is 0 Å². The number of hydrogen-bond acceptors (Lipinski definition) is 5. The van der Waals surface area contributed by atoms with Crippen LogP contribution in [0.5, 0.6) is 0 Å². The molecule has 12 rings (SSSR count). The van der Waals surface area contributed by atoms with E-state index in [4.69, 9.17) is 14.4 Å². The Morgan fingerprint density at radius 1 is 0.532 bits per heavy atom. The Labute approximate surface area is 359 Å². The molecule has 9 aromatic rings. The maximum atomic E-state index is 6.76. The highest BCUT2D eigenvalue weighted by molar-refractivity contribution is 6.21. The zero-order valence-corrected chi connectivity index (χ0v) is 33.9. The summed E-state index contributed by atoms with van der Waals surface area (Å²) in [6.45, 7) is 2.36. The topological polar surface area (TPSA) is 64.7 Å². The van der Waals surface area contributed by atoms with Crippen molar-refractivity contribution >= 4 is 38.4 Å². The van der Waals surface area contributed by atoms with Crippen LogP contribution >= 0.6 is 0 Å². The lowest BCUT2D eigenvalue weighted by molar-refractivity contribution is 0.422. The van der Waals surface area contributed by atoms with E-state index in [0.29, 0.717) is 5.92 Å². The van der Waals surface area contributed by atoms with E-state index in [9.17, 15) is 0 Å². The van der Waals surface area contributed by atoms with Gasteiger partial charge in [0.05, 0.1) is 28.3 Å². The summed E-state index contributed by atoms with van der Waals surface area (Å²) in [4.78, 5) is 19.5. The van der Waals surface area contributed by atoms with Crippen LogP contribution in [0.4, 0.5) is 0 Å². The number of fused-ring (bicyclic) bond motifs is 8. The molecule has 0 saturated heterocycles. The predicted octanol–water partition coefficient (Wildman–Crippen LogP) is 14.2. The van der Waals surface area contributed by atoms with Gasteiger partial charge < -0.3 is 4.42 Å². The van der Waals surface area contributed by atoms with Gasteiger partial charge in [-0.3, -0.25) is 9.97 Å². The minimum Gasteiger partial charge on any atom is -0.454 e. The van der Waals surface area contributed by atoms with Crippen LogP contribution in [0.25, 0.3) is 94.7 Å². The number of para-hydroxylation sites is 1. The van der Waals surface area contributed by atoms with E-state index in [2.05, 4.69) is 169 Å². The molecular formula is C57H38N4O. The van der Waals surface area contributed by atoms with Gasteiger partial charge in [-0.2, -0.15) is 0 Å². The molecule has 3 aliphatic rings. The lowest BCUT2D eigenvalue weighted by Gasteiger charge is -2.42. The average Bonchev–Trinajstić information content (AvgIpc) is 3.74. The summed E-state index contributed by atoms with van der Waals surface area (Å²) in [5.41, 5.74) is 16.9. The summed E-state index contributed by atoms with van der Waals surface area (Å²) < 4.78 is 6.76. The van der Waals surface area contributed by atoms with E-state index in [-0.39, 0.29) is 5.41 Å². The molecule has 0 fully saturated rings. The van der Waals surface area contributed by atoms with Crippen LogP contribution in [-0.4, -0.2) is 19.9 Å². The van der Waals surface area contributed by atoms with Gasteiger partial charge in [-0.25, -0.2) is 9.97 Å². The molecule has 0 amide bonds. The molecule has 0 spiro atoms. The first-order valence-electron chi connectivity index (χ1n) is 21.1. The fraction of sp³-hybridized carbons (Fsp3) is 0.0526. The number of nitrogens with zero attached hydrogens (tertiary/aromatic N) is 4. The van der Waals surface area contributed by atoms with E-state index in [0.717, 1.165) is 89.1 Å². The summed E-state index contributed by atoms with van der Waals surface area (Å²) in [5, 5.41) is 3.24. The molecular weight excluding hydrogens is 757 g/mol. The van der Waals surface area contributed by atoms with E-state index in [1.165, 1.54) is 22.3 Å². The number of rotatable bonds is 6. The van der Waals surface area contributed by atoms with Gasteiger partial charge in [0.25, 0.3) is 0 Å². The number of allylic oxidation sites excluding steroid dienone is 12. The fourth-order valence-corrected chi connectivity index (χ4v) is 9.59. The third-order valence-corrected chi connectivity index (χ3v) is 12.7. The largest absolute Gasteiger partial charge is 0.454 e. The minimum absolute atomic E-state index is 0.137. The Balaban J connectivity index is 0.949. The Hall–Kier alpha value is -8.02. The van der Waals surface area contributed by atoms with Gasteiger partial charge in [-0.1, -0.05) is 140 Å². The fourth-order valence-electron chi connectivity index (χ4n) is 9.59. The SMILES string of the molecule is CC12C=CC=CC1=C(c1ccc3nc(-c4cccc(-c5ccc(-c6cc(-c7ccccn7)nc(-c7ccccn7)c6)cc5)c4)c4oc5ccccc5c4c3c1)C=C1C=CC=CC12. The predicted molar refractivity (Wildman–Crippen MR) is 253 cm³/mol. The van der Waals surface area contributed by atoms with Crippen molar-refractivity contribution < 1.29 is 4.42 Å². The second-order valence-electron chi connectivity index (χ2n) is 16.4. The van der Waals surface area contributed by atoms with Crippen LogP contribution in [0.3, 0.4) is 0 Å². The van der Waals surface area contributed by atoms with E-state index >= 15 is 0 Å². The first-order chi connectivity index (χ1) is 30.6. The van der Waals surface area contributed by atoms with Gasteiger partial charge in [-0.05, 0) is 105 Å². The zero-order chi connectivity index (χ0) is 41.2. The molecule has 3 aliphatic carbocycles. The summed E-state index contributed by atoms with van der Waals surface area (Å²) >= 11 is 0. The molecule has 292 valence electrons. The van der Waals surface area contributed by atoms with Gasteiger partial charge in [0.15, 0.2) is 5.58 Å². The van der Waals surface area contributed by atoms with E-state index in [1.807, 2.05) is 42.5 Å². The lowest BCUT2D eigenvalue weighted by Crippen LogP contribution is -2.32. The van der Waals surface area contributed by atoms with Gasteiger partial charge in [0.2, 0.25) is 0 Å². The second-order valence-corrected chi connectivity index (χ2v) is 16.4. The number of benzene rings is 4. The molecule has 62 heavy (non-hydrogen) atoms. The Bertz CT molecular complexity index is 3400. The molecule has 0 saturated carbocycles. The quantitative estimate of drug-likeness (QED) is 0.168. The van der Waals surface area contributed by atoms with Crippen LogP contribution in [0.2, 0.25) is 0 Å². The van der Waals surface area contributed by atoms with Crippen LogP contribution in [0.1, 0.15) is 12.5 Å². The number of aromatic nitrogens is 4. The number of hydrogen-bond donors (Lipinski definition) is 0. The third kappa shape index (κ3) is 5.93. The summed E-state index contributed by atoms with van der Waals surface area (Å²) in [7, 11) is 0. The standard InChI is InChI=1S/C57H38N4O/c1-57-28-9-6-18-47(57)44(33-40-13-2-4-17-46(40)57)39-26-27-48-45(32-39)54-43-16-3-5-21-53(43)62-56(54)55(61-48)41-15-12-14-38(31-41)36-22-24-37(25-23-36)42-34-51(49-19-7-10-29-58-49)60-52(35-42)50-20-8-11-30-59-50/h2-35,46H,1H3. The third-order valence-electron chi connectivity index (χ3n) is 12.7. The molecule has 4 aromatic carbocycles. The second kappa shape index (κ2) is 14.3. The Kier molecular flexibility index (Phi) is 8.29. The molecule has 0 N–H and O–H groups in total. The summed E-state index contributed by atoms with van der Waals surface area (Å²) in [6.07, 6.45) is 23.9. The first-order valence-corrected chi connectivity index (χ1v) is 21.1. The Morgan fingerprint density at radius 3 is 2.02 bits per heavy atom. The average molecular weight is 795 g/mol. The van der Waals surface area contributed by atoms with Gasteiger partial charge in [-0.15, -0.1) is 0 Å². The van der Waals surface area contributed by atoms with E-state index < -0.39 is 0 Å². The molecule has 5 heteroatoms. The minimum atomic E-state index is -0.137. The molecule has 0 radical (unpaired) electrons. The van der Waals surface area contributed by atoms with Crippen LogP contribution in [0, 0.1) is 11.3 Å². The molecule has 0 aliphatic heterocycles. The molecule has 5 heterocycles. The molecule has 2 unspecified atom stereocenters. The highest BCUT2D eigenvalue weighted by Gasteiger charge is 2.40. The molecule has 5 aromatic heterocycles. The van der Waals surface area contributed by atoms with Crippen LogP contribution in [-0.2, 0) is 0 Å². The van der Waals surface area contributed by atoms with Crippen molar-refractivity contribution in [2.24, 2.45) is 11.3 Å². The first kappa shape index (κ1) is 35.9. The number of furan rings is 1. The smallest absolute Gasteiger partial charge is 0.162 e. The van der Waals surface area contributed by atoms with Gasteiger partial charge in [0.1, 0.15) is 11.3 Å². The highest BCUT2D eigenvalue weighted by Crippen LogP contribution is 2.52. The normalized spacial score (nSPS) is 17.8. The summed E-state index contributed by atoms with van der Waals surface area (Å²) in [6, 6.07) is 48.4. The van der Waals surface area contributed by atoms with Crippen LogP contribution in [0.15, 0.2) is 222 Å². The highest BCUT2D eigenvalue weighted by atomic mass is 16.3. The van der Waals surface area contributed by atoms with Crippen molar-refractivity contribution in [2.45, 2.75) is 6.92 Å². The molecule has 2 atom stereocenters. The monoisotopic (exact) mass is 794 g/mol. The van der Waals surface area contributed by atoms with Crippen molar-refractivity contribution in [1.29, 1.82) is 0 Å². The summed E-state index contributed by atoms with van der Waals surface area (Å²) in [5.74, 6) is 0.300. The number of pyridine rings is 4. The molecule has 5 nitrogen and oxygen atoms in total. The van der Waals surface area contributed by atoms with Crippen LogP contribution < -0.4 is 0 Å². The van der Waals surface area contributed by atoms with E-state index in [1.54, 1.807) is 12.4 Å². The maximum Gasteiger partial charge on any atom is 0.162 e. The molecule has 0 bridgehead atoms. The van der Waals surface area contributed by atoms with Gasteiger partial charge in [0, 0.05) is 45.4 Å². The zero-order valence-electron chi connectivity index (χ0n) is 33.9. The maximum absolute atomic E-state index is 6.76. The van der Waals surface area contributed by atoms with Gasteiger partial charge >= 0.3 is 0 Å². The van der Waals surface area contributed by atoms with Crippen molar-refractivity contribution in [3.05, 3.63) is 223 Å². The lowest BCUT2D eigenvalue weighted by atomic mass is 9.61. The van der Waals surface area contributed by atoms with Crippen molar-refractivity contribution in [3.63, 3.8) is 0 Å². The Morgan fingerprint density at radius 2 is 1.24 bits per heavy atom. The van der Waals surface area contributed by atoms with Crippen molar-refractivity contribution in [3.8, 4) is 56.3 Å².